The van der Waals surface area contributed by atoms with Crippen LogP contribution in [0.15, 0.2) is 30.3 Å². The number of halogens is 2. The maximum Gasteiger partial charge on any atom is 0.407 e. The van der Waals surface area contributed by atoms with Gasteiger partial charge >= 0.3 is 6.09 Å². The molecule has 2 amide bonds. The number of piperidine rings is 1. The number of rotatable bonds is 8. The van der Waals surface area contributed by atoms with E-state index in [9.17, 15) is 29.3 Å². The van der Waals surface area contributed by atoms with Gasteiger partial charge in [0, 0.05) is 24.6 Å². The van der Waals surface area contributed by atoms with E-state index >= 15 is 0 Å². The highest BCUT2D eigenvalue weighted by molar-refractivity contribution is 6.34. The highest BCUT2D eigenvalue weighted by Gasteiger charge is 2.51. The minimum absolute atomic E-state index is 0.0703. The fourth-order valence-electron chi connectivity index (χ4n) is 5.37. The lowest BCUT2D eigenvalue weighted by molar-refractivity contribution is -0.179. The molecule has 4 rings (SSSR count). The molecule has 2 aliphatic heterocycles. The summed E-state index contributed by atoms with van der Waals surface area (Å²) in [5, 5.41) is 31.0. The predicted molar refractivity (Wildman–Crippen MR) is 143 cm³/mol. The maximum absolute atomic E-state index is 15.0. The number of β-amino-alcohol motifs (C(OH)–C–C–N with tert-alkyl or cyclic N) is 1. The second-order valence-electron chi connectivity index (χ2n) is 10.7. The number of anilines is 1. The van der Waals surface area contributed by atoms with Crippen LogP contribution in [-0.2, 0) is 17.8 Å². The van der Waals surface area contributed by atoms with Crippen molar-refractivity contribution >= 4 is 29.3 Å². The van der Waals surface area contributed by atoms with E-state index in [0.29, 0.717) is 24.2 Å². The van der Waals surface area contributed by atoms with Crippen LogP contribution in [0.4, 0.5) is 14.9 Å². The molecule has 9 nitrogen and oxygen atoms in total. The minimum Gasteiger partial charge on any atom is -0.497 e. The molecule has 0 aromatic heterocycles. The van der Waals surface area contributed by atoms with Crippen LogP contribution in [0.5, 0.6) is 11.5 Å². The molecule has 1 fully saturated rings. The Morgan fingerprint density at radius 3 is 2.56 bits per heavy atom. The van der Waals surface area contributed by atoms with Crippen molar-refractivity contribution in [2.24, 2.45) is 5.41 Å². The van der Waals surface area contributed by atoms with E-state index in [2.05, 4.69) is 0 Å². The van der Waals surface area contributed by atoms with E-state index in [-0.39, 0.29) is 61.4 Å². The summed E-state index contributed by atoms with van der Waals surface area (Å²) < 4.78 is 26.2. The zero-order valence-electron chi connectivity index (χ0n) is 22.2. The van der Waals surface area contributed by atoms with Crippen molar-refractivity contribution in [3.05, 3.63) is 52.3 Å². The van der Waals surface area contributed by atoms with Gasteiger partial charge in [-0.1, -0.05) is 37.6 Å². The summed E-state index contributed by atoms with van der Waals surface area (Å²) in [5.41, 5.74) is -0.649. The first kappa shape index (κ1) is 28.9. The van der Waals surface area contributed by atoms with Gasteiger partial charge in [-0.15, -0.1) is 0 Å². The SMILES string of the molecule is COc1ccc(CN2C(=O)CCc3c(OCCC(C)(C)[C@]4(O)CCN(C(=O)O)C[C@H]4O)cc(F)c(Cl)c32)cc1. The van der Waals surface area contributed by atoms with Crippen LogP contribution in [0.2, 0.25) is 5.02 Å². The van der Waals surface area contributed by atoms with Crippen molar-refractivity contribution in [2.45, 2.75) is 57.8 Å². The Morgan fingerprint density at radius 1 is 1.26 bits per heavy atom. The lowest BCUT2D eigenvalue weighted by atomic mass is 9.66. The fourth-order valence-corrected chi connectivity index (χ4v) is 5.64. The number of methoxy groups -OCH3 is 1. The Labute approximate surface area is 231 Å². The zero-order valence-corrected chi connectivity index (χ0v) is 23.0. The number of aliphatic hydroxyl groups excluding tert-OH is 1. The van der Waals surface area contributed by atoms with Crippen molar-refractivity contribution in [1.29, 1.82) is 0 Å². The van der Waals surface area contributed by atoms with E-state index in [1.807, 2.05) is 12.1 Å². The molecule has 2 atom stereocenters. The summed E-state index contributed by atoms with van der Waals surface area (Å²) in [6, 6.07) is 8.43. The van der Waals surface area contributed by atoms with Crippen LogP contribution in [0.1, 0.15) is 44.2 Å². The molecule has 0 aliphatic carbocycles. The first-order valence-electron chi connectivity index (χ1n) is 12.8. The number of hydrogen-bond acceptors (Lipinski definition) is 6. The van der Waals surface area contributed by atoms with Crippen LogP contribution in [0, 0.1) is 11.2 Å². The van der Waals surface area contributed by atoms with Gasteiger partial charge in [0.25, 0.3) is 0 Å². The molecule has 11 heteroatoms. The van der Waals surface area contributed by atoms with E-state index < -0.39 is 29.0 Å². The van der Waals surface area contributed by atoms with E-state index in [1.54, 1.807) is 33.1 Å². The van der Waals surface area contributed by atoms with Crippen LogP contribution >= 0.6 is 11.6 Å². The number of carbonyl (C=O) groups is 2. The second-order valence-corrected chi connectivity index (χ2v) is 11.1. The third kappa shape index (κ3) is 5.64. The average Bonchev–Trinajstić information content (AvgIpc) is 2.89. The molecule has 212 valence electrons. The number of nitrogens with zero attached hydrogens (tertiary/aromatic N) is 2. The van der Waals surface area contributed by atoms with Gasteiger partial charge in [0.15, 0.2) is 0 Å². The largest absolute Gasteiger partial charge is 0.497 e. The molecule has 0 spiro atoms. The molecule has 0 radical (unpaired) electrons. The van der Waals surface area contributed by atoms with Gasteiger partial charge < -0.3 is 34.6 Å². The third-order valence-corrected chi connectivity index (χ3v) is 8.41. The first-order valence-corrected chi connectivity index (χ1v) is 13.2. The monoisotopic (exact) mass is 564 g/mol. The number of benzene rings is 2. The number of hydrogen-bond donors (Lipinski definition) is 3. The van der Waals surface area contributed by atoms with Gasteiger partial charge in [-0.3, -0.25) is 4.79 Å². The minimum atomic E-state index is -1.53. The van der Waals surface area contributed by atoms with Crippen molar-refractivity contribution in [1.82, 2.24) is 4.90 Å². The Morgan fingerprint density at radius 2 is 1.95 bits per heavy atom. The van der Waals surface area contributed by atoms with Crippen molar-refractivity contribution in [2.75, 3.05) is 31.7 Å². The first-order chi connectivity index (χ1) is 18.4. The summed E-state index contributed by atoms with van der Waals surface area (Å²) in [5.74, 6) is 0.0515. The van der Waals surface area contributed by atoms with E-state index in [4.69, 9.17) is 21.1 Å². The highest BCUT2D eigenvalue weighted by atomic mass is 35.5. The fraction of sp³-hybridized carbons (Fsp3) is 0.500. The predicted octanol–water partition coefficient (Wildman–Crippen LogP) is 4.24. The summed E-state index contributed by atoms with van der Waals surface area (Å²) >= 11 is 6.38. The Bertz CT molecular complexity index is 1240. The normalized spacial score (nSPS) is 21.5. The van der Waals surface area contributed by atoms with Crippen LogP contribution in [0.25, 0.3) is 0 Å². The molecule has 39 heavy (non-hydrogen) atoms. The zero-order chi connectivity index (χ0) is 28.5. The quantitative estimate of drug-likeness (QED) is 0.439. The molecule has 2 aromatic rings. The van der Waals surface area contributed by atoms with E-state index in [1.165, 1.54) is 11.0 Å². The van der Waals surface area contributed by atoms with Crippen molar-refractivity contribution < 1.29 is 38.8 Å². The van der Waals surface area contributed by atoms with Crippen molar-refractivity contribution in [3.63, 3.8) is 0 Å². The number of amides is 2. The van der Waals surface area contributed by atoms with Crippen LogP contribution in [-0.4, -0.2) is 70.7 Å². The number of carboxylic acid groups (broad SMARTS) is 1. The van der Waals surface area contributed by atoms with Crippen LogP contribution < -0.4 is 14.4 Å². The number of ether oxygens (including phenoxy) is 2. The van der Waals surface area contributed by atoms with Gasteiger partial charge in [0.1, 0.15) is 28.4 Å². The second kappa shape index (κ2) is 11.2. The standard InChI is InChI=1S/C28H34ClFN2O7/c1-27(2,28(37)10-12-31(26(35)36)16-22(28)33)11-13-39-21-14-20(30)24(29)25-19(21)8-9-23(34)32(25)15-17-4-6-18(38-3)7-5-17/h4-7,14,22,33,37H,8-13,15-16H2,1-3H3,(H,35,36)/t22-,28+/m1/s1. The molecule has 2 aliphatic rings. The molecular weight excluding hydrogens is 531 g/mol. The average molecular weight is 565 g/mol. The molecule has 0 unspecified atom stereocenters. The molecule has 2 heterocycles. The summed E-state index contributed by atoms with van der Waals surface area (Å²) in [4.78, 5) is 26.7. The van der Waals surface area contributed by atoms with Gasteiger partial charge in [0.05, 0.1) is 38.1 Å². The summed E-state index contributed by atoms with van der Waals surface area (Å²) in [6.07, 6.45) is -1.51. The maximum atomic E-state index is 15.0. The Kier molecular flexibility index (Phi) is 8.30. The summed E-state index contributed by atoms with van der Waals surface area (Å²) in [6.45, 7) is 3.76. The number of likely N-dealkylation sites (tertiary alicyclic amines) is 1. The molecule has 0 bridgehead atoms. The third-order valence-electron chi connectivity index (χ3n) is 8.05. The molecule has 1 saturated heterocycles. The number of carbonyl (C=O) groups excluding carboxylic acids is 1. The molecule has 2 aromatic carbocycles. The lowest BCUT2D eigenvalue weighted by Crippen LogP contribution is -2.63. The number of fused-ring (bicyclic) bond motifs is 1. The van der Waals surface area contributed by atoms with Gasteiger partial charge in [-0.2, -0.15) is 0 Å². The lowest BCUT2D eigenvalue weighted by Gasteiger charge is -2.50. The van der Waals surface area contributed by atoms with Gasteiger partial charge in [-0.05, 0) is 42.4 Å². The molecular formula is C28H34ClFN2O7. The molecule has 0 saturated carbocycles. The van der Waals surface area contributed by atoms with Gasteiger partial charge in [-0.25, -0.2) is 9.18 Å². The number of aliphatic hydroxyl groups is 2. The van der Waals surface area contributed by atoms with Crippen LogP contribution in [0.3, 0.4) is 0 Å². The Balaban J connectivity index is 1.52. The topological polar surface area (TPSA) is 120 Å². The van der Waals surface area contributed by atoms with Crippen molar-refractivity contribution in [3.8, 4) is 11.5 Å². The Hall–Kier alpha value is -3.08. The highest BCUT2D eigenvalue weighted by Crippen LogP contribution is 2.45. The summed E-state index contributed by atoms with van der Waals surface area (Å²) in [7, 11) is 1.56. The molecule has 3 N–H and O–H groups in total. The van der Waals surface area contributed by atoms with E-state index in [0.717, 1.165) is 10.5 Å². The van der Waals surface area contributed by atoms with Gasteiger partial charge in [0.2, 0.25) is 5.91 Å². The smallest absolute Gasteiger partial charge is 0.407 e.